The Morgan fingerprint density at radius 3 is 3.44 bits per heavy atom. The van der Waals surface area contributed by atoms with Gasteiger partial charge >= 0.3 is 0 Å². The first-order valence-corrected chi connectivity index (χ1v) is 4.86. The molecule has 0 spiro atoms. The second-order valence-electron chi connectivity index (χ2n) is 1.98. The van der Waals surface area contributed by atoms with Crippen molar-refractivity contribution in [3.05, 3.63) is 16.1 Å². The van der Waals surface area contributed by atoms with Gasteiger partial charge in [-0.2, -0.15) is 11.8 Å². The molecule has 0 N–H and O–H groups in total. The number of thioether (sulfide) groups is 1. The lowest BCUT2D eigenvalue weighted by molar-refractivity contribution is 1.03. The smallest absolute Gasteiger partial charge is 0.152 e. The number of aromatic nitrogens is 1. The largest absolute Gasteiger partial charge is 0.238 e. The van der Waals surface area contributed by atoms with Crippen molar-refractivity contribution in [1.82, 2.24) is 4.98 Å². The van der Waals surface area contributed by atoms with Crippen molar-refractivity contribution >= 4 is 23.1 Å². The van der Waals surface area contributed by atoms with Gasteiger partial charge in [-0.15, -0.1) is 11.3 Å². The molecule has 47 valence electrons. The van der Waals surface area contributed by atoms with Crippen molar-refractivity contribution in [1.29, 1.82) is 0 Å². The molecule has 2 heterocycles. The SMILES string of the molecule is [c]1nc2c(s1)CSCC2. The molecule has 0 bridgehead atoms. The first-order chi connectivity index (χ1) is 4.47. The summed E-state index contributed by atoms with van der Waals surface area (Å²) in [6.45, 7) is 0. The predicted molar refractivity (Wildman–Crippen MR) is 40.8 cm³/mol. The molecule has 1 aromatic heterocycles. The summed E-state index contributed by atoms with van der Waals surface area (Å²) >= 11 is 3.66. The van der Waals surface area contributed by atoms with Crippen LogP contribution < -0.4 is 0 Å². The van der Waals surface area contributed by atoms with Crippen LogP contribution >= 0.6 is 23.1 Å². The van der Waals surface area contributed by atoms with Crippen molar-refractivity contribution in [2.75, 3.05) is 5.75 Å². The summed E-state index contributed by atoms with van der Waals surface area (Å²) in [6, 6.07) is 0. The molecular formula is C6H6NS2. The van der Waals surface area contributed by atoms with Gasteiger partial charge in [-0.1, -0.05) is 0 Å². The fourth-order valence-electron chi connectivity index (χ4n) is 0.896. The highest BCUT2D eigenvalue weighted by Crippen LogP contribution is 2.25. The van der Waals surface area contributed by atoms with Crippen molar-refractivity contribution in [2.45, 2.75) is 12.2 Å². The summed E-state index contributed by atoms with van der Waals surface area (Å²) in [5, 5.41) is 0. The third kappa shape index (κ3) is 0.990. The molecule has 0 atom stereocenters. The Balaban J connectivity index is 2.39. The Hall–Kier alpha value is -0.0200. The van der Waals surface area contributed by atoms with Gasteiger partial charge in [0.2, 0.25) is 0 Å². The van der Waals surface area contributed by atoms with E-state index in [4.69, 9.17) is 0 Å². The van der Waals surface area contributed by atoms with Crippen molar-refractivity contribution < 1.29 is 0 Å². The molecule has 0 fully saturated rings. The highest BCUT2D eigenvalue weighted by molar-refractivity contribution is 7.98. The predicted octanol–water partition coefficient (Wildman–Crippen LogP) is 1.73. The normalized spacial score (nSPS) is 17.3. The zero-order valence-corrected chi connectivity index (χ0v) is 6.52. The lowest BCUT2D eigenvalue weighted by atomic mass is 10.3. The molecule has 9 heavy (non-hydrogen) atoms. The number of thiazole rings is 1. The van der Waals surface area contributed by atoms with Crippen LogP contribution in [-0.2, 0) is 12.2 Å². The molecule has 0 aliphatic carbocycles. The summed E-state index contributed by atoms with van der Waals surface area (Å²) in [5.41, 5.74) is 4.21. The summed E-state index contributed by atoms with van der Waals surface area (Å²) in [5.74, 6) is 2.40. The van der Waals surface area contributed by atoms with Gasteiger partial charge in [0, 0.05) is 10.6 Å². The molecule has 3 heteroatoms. The molecule has 0 unspecified atom stereocenters. The molecule has 2 rings (SSSR count). The van der Waals surface area contributed by atoms with Crippen LogP contribution in [0, 0.1) is 5.51 Å². The molecule has 1 aliphatic heterocycles. The van der Waals surface area contributed by atoms with Gasteiger partial charge in [0.1, 0.15) is 0 Å². The zero-order valence-electron chi connectivity index (χ0n) is 4.89. The number of rotatable bonds is 0. The third-order valence-corrected chi connectivity index (χ3v) is 3.36. The Labute approximate surface area is 62.5 Å². The van der Waals surface area contributed by atoms with E-state index < -0.39 is 0 Å². The van der Waals surface area contributed by atoms with Crippen LogP contribution in [0.2, 0.25) is 0 Å². The van der Waals surface area contributed by atoms with Crippen molar-refractivity contribution in [2.24, 2.45) is 0 Å². The van der Waals surface area contributed by atoms with E-state index in [1.54, 1.807) is 11.3 Å². The Bertz CT molecular complexity index is 186. The summed E-state index contributed by atoms with van der Waals surface area (Å²) in [7, 11) is 0. The van der Waals surface area contributed by atoms with Gasteiger partial charge in [0.15, 0.2) is 5.51 Å². The van der Waals surface area contributed by atoms with Gasteiger partial charge in [-0.3, -0.25) is 0 Å². The number of hydrogen-bond acceptors (Lipinski definition) is 3. The molecule has 0 saturated heterocycles. The molecular weight excluding hydrogens is 150 g/mol. The van der Waals surface area contributed by atoms with Crippen LogP contribution in [0.25, 0.3) is 0 Å². The molecule has 0 amide bonds. The number of nitrogens with zero attached hydrogens (tertiary/aromatic N) is 1. The Morgan fingerprint density at radius 2 is 2.56 bits per heavy atom. The van der Waals surface area contributed by atoms with Gasteiger partial charge in [0.25, 0.3) is 0 Å². The van der Waals surface area contributed by atoms with Crippen LogP contribution in [0.15, 0.2) is 0 Å². The van der Waals surface area contributed by atoms with Crippen molar-refractivity contribution in [3.8, 4) is 0 Å². The molecule has 1 nitrogen and oxygen atoms in total. The van der Waals surface area contributed by atoms with E-state index >= 15 is 0 Å². The second kappa shape index (κ2) is 2.31. The zero-order chi connectivity index (χ0) is 6.10. The molecule has 1 aromatic rings. The second-order valence-corrected chi connectivity index (χ2v) is 3.96. The lowest BCUT2D eigenvalue weighted by Crippen LogP contribution is -1.98. The lowest BCUT2D eigenvalue weighted by Gasteiger charge is -2.06. The van der Waals surface area contributed by atoms with Crippen LogP contribution in [0.5, 0.6) is 0 Å². The Kier molecular flexibility index (Phi) is 1.47. The molecule has 1 aliphatic rings. The van der Waals surface area contributed by atoms with E-state index in [0.717, 1.165) is 12.2 Å². The fraction of sp³-hybridized carbons (Fsp3) is 0.500. The van der Waals surface area contributed by atoms with Gasteiger partial charge < -0.3 is 0 Å². The number of aryl methyl sites for hydroxylation is 1. The number of fused-ring (bicyclic) bond motifs is 1. The number of hydrogen-bond donors (Lipinski definition) is 0. The highest BCUT2D eigenvalue weighted by Gasteiger charge is 2.10. The van der Waals surface area contributed by atoms with E-state index in [9.17, 15) is 0 Å². The topological polar surface area (TPSA) is 12.9 Å². The van der Waals surface area contributed by atoms with Gasteiger partial charge in [-0.05, 0) is 12.2 Å². The monoisotopic (exact) mass is 156 g/mol. The standard InChI is InChI=1S/C6H6NS2/c1-2-8-3-6-5(1)7-4-9-6/h1-3H2. The minimum Gasteiger partial charge on any atom is -0.238 e. The van der Waals surface area contributed by atoms with E-state index in [0.29, 0.717) is 0 Å². The minimum atomic E-state index is 1.15. The van der Waals surface area contributed by atoms with E-state index in [1.807, 2.05) is 11.8 Å². The van der Waals surface area contributed by atoms with Gasteiger partial charge in [0.05, 0.1) is 5.69 Å². The average molecular weight is 156 g/mol. The van der Waals surface area contributed by atoms with Gasteiger partial charge in [-0.25, -0.2) is 4.98 Å². The molecule has 1 radical (unpaired) electrons. The fourth-order valence-corrected chi connectivity index (χ4v) is 2.75. The quantitative estimate of drug-likeness (QED) is 0.567. The van der Waals surface area contributed by atoms with E-state index in [1.165, 1.54) is 16.3 Å². The maximum atomic E-state index is 4.14. The van der Waals surface area contributed by atoms with Crippen molar-refractivity contribution in [3.63, 3.8) is 0 Å². The van der Waals surface area contributed by atoms with E-state index in [2.05, 4.69) is 10.5 Å². The van der Waals surface area contributed by atoms with Crippen LogP contribution in [0.4, 0.5) is 0 Å². The summed E-state index contributed by atoms with van der Waals surface area (Å²) in [4.78, 5) is 5.57. The van der Waals surface area contributed by atoms with Crippen LogP contribution in [0.1, 0.15) is 10.6 Å². The third-order valence-electron chi connectivity index (χ3n) is 1.39. The maximum absolute atomic E-state index is 4.14. The molecule has 0 saturated carbocycles. The van der Waals surface area contributed by atoms with Crippen LogP contribution in [-0.4, -0.2) is 10.7 Å². The minimum absolute atomic E-state index is 1.15. The maximum Gasteiger partial charge on any atom is 0.152 e. The van der Waals surface area contributed by atoms with E-state index in [-0.39, 0.29) is 0 Å². The first-order valence-electron chi connectivity index (χ1n) is 2.89. The van der Waals surface area contributed by atoms with Crippen LogP contribution in [0.3, 0.4) is 0 Å². The first kappa shape index (κ1) is 5.74. The summed E-state index contributed by atoms with van der Waals surface area (Å²) < 4.78 is 0. The Morgan fingerprint density at radius 1 is 1.56 bits per heavy atom. The summed E-state index contributed by atoms with van der Waals surface area (Å²) in [6.07, 6.45) is 1.15. The average Bonchev–Trinajstić information content (AvgIpc) is 2.33. The molecule has 0 aromatic carbocycles. The highest BCUT2D eigenvalue weighted by atomic mass is 32.2.